The molecule has 1 heterocycles. The Labute approximate surface area is 106 Å². The second-order valence-electron chi connectivity index (χ2n) is 4.91. The number of aliphatic carboxylic acids is 1. The van der Waals surface area contributed by atoms with Gasteiger partial charge in [0.1, 0.15) is 0 Å². The molecule has 1 rings (SSSR count). The maximum absolute atomic E-state index is 11.8. The minimum atomic E-state index is -1.04. The second kappa shape index (κ2) is 5.66. The number of carboxylic acid groups (broad SMARTS) is 1. The first-order valence-corrected chi connectivity index (χ1v) is 5.84. The van der Waals surface area contributed by atoms with Crippen LogP contribution in [-0.4, -0.2) is 27.2 Å². The van der Waals surface area contributed by atoms with E-state index in [0.717, 1.165) is 5.69 Å². The van der Waals surface area contributed by atoms with E-state index in [1.807, 2.05) is 0 Å². The van der Waals surface area contributed by atoms with E-state index >= 15 is 0 Å². The van der Waals surface area contributed by atoms with Crippen molar-refractivity contribution in [2.45, 2.75) is 33.7 Å². The third kappa shape index (κ3) is 3.32. The first-order valence-electron chi connectivity index (χ1n) is 5.84. The molecule has 0 fully saturated rings. The van der Waals surface area contributed by atoms with Crippen LogP contribution in [0.1, 0.15) is 32.9 Å². The summed E-state index contributed by atoms with van der Waals surface area (Å²) >= 11 is 0. The summed E-state index contributed by atoms with van der Waals surface area (Å²) in [6.45, 7) is 5.52. The number of aromatic nitrogens is 2. The van der Waals surface area contributed by atoms with Crippen LogP contribution in [0.2, 0.25) is 0 Å². The SMILES string of the molecule is CC(C)C(C)(CC(=O)NCc1ccn[nH]1)C(=O)O. The fourth-order valence-electron chi connectivity index (χ4n) is 1.50. The summed E-state index contributed by atoms with van der Waals surface area (Å²) in [6, 6.07) is 1.75. The molecule has 1 aromatic heterocycles. The van der Waals surface area contributed by atoms with E-state index in [1.54, 1.807) is 33.0 Å². The van der Waals surface area contributed by atoms with E-state index < -0.39 is 11.4 Å². The largest absolute Gasteiger partial charge is 0.481 e. The first kappa shape index (κ1) is 14.2. The Bertz CT molecular complexity index is 414. The smallest absolute Gasteiger partial charge is 0.310 e. The number of carbonyl (C=O) groups is 2. The van der Waals surface area contributed by atoms with Crippen LogP contribution in [0.25, 0.3) is 0 Å². The summed E-state index contributed by atoms with van der Waals surface area (Å²) in [5.41, 5.74) is -0.261. The standard InChI is InChI=1S/C12H19N3O3/c1-8(2)12(3,11(17)18)6-10(16)13-7-9-4-5-14-15-9/h4-5,8H,6-7H2,1-3H3,(H,13,16)(H,14,15)(H,17,18). The van der Waals surface area contributed by atoms with Gasteiger partial charge >= 0.3 is 5.97 Å². The Hall–Kier alpha value is -1.85. The second-order valence-corrected chi connectivity index (χ2v) is 4.91. The lowest BCUT2D eigenvalue weighted by Crippen LogP contribution is -2.39. The normalized spacial score (nSPS) is 14.2. The Morgan fingerprint density at radius 3 is 2.67 bits per heavy atom. The van der Waals surface area contributed by atoms with Crippen LogP contribution in [0.15, 0.2) is 12.3 Å². The van der Waals surface area contributed by atoms with E-state index in [-0.39, 0.29) is 18.2 Å². The molecule has 1 unspecified atom stereocenters. The van der Waals surface area contributed by atoms with Crippen molar-refractivity contribution in [1.82, 2.24) is 15.5 Å². The van der Waals surface area contributed by atoms with Crippen LogP contribution < -0.4 is 5.32 Å². The Kier molecular flexibility index (Phi) is 4.47. The average Bonchev–Trinajstić information content (AvgIpc) is 2.78. The Balaban J connectivity index is 2.55. The topological polar surface area (TPSA) is 95.1 Å². The molecule has 0 bridgehead atoms. The number of amides is 1. The fraction of sp³-hybridized carbons (Fsp3) is 0.583. The fourth-order valence-corrected chi connectivity index (χ4v) is 1.50. The van der Waals surface area contributed by atoms with Crippen molar-refractivity contribution in [2.75, 3.05) is 0 Å². The van der Waals surface area contributed by atoms with Crippen molar-refractivity contribution in [3.63, 3.8) is 0 Å². The Morgan fingerprint density at radius 1 is 1.56 bits per heavy atom. The first-order chi connectivity index (χ1) is 8.36. The summed E-state index contributed by atoms with van der Waals surface area (Å²) in [5.74, 6) is -1.34. The molecule has 0 saturated heterocycles. The molecule has 0 aliphatic heterocycles. The van der Waals surface area contributed by atoms with Crippen LogP contribution in [0.4, 0.5) is 0 Å². The molecule has 0 aliphatic rings. The van der Waals surface area contributed by atoms with Crippen molar-refractivity contribution in [1.29, 1.82) is 0 Å². The molecular formula is C12H19N3O3. The lowest BCUT2D eigenvalue weighted by Gasteiger charge is -2.28. The number of rotatable bonds is 6. The monoisotopic (exact) mass is 253 g/mol. The number of hydrogen-bond acceptors (Lipinski definition) is 3. The van der Waals surface area contributed by atoms with Gasteiger partial charge in [0.25, 0.3) is 0 Å². The van der Waals surface area contributed by atoms with Crippen molar-refractivity contribution >= 4 is 11.9 Å². The number of nitrogens with one attached hydrogen (secondary N) is 2. The lowest BCUT2D eigenvalue weighted by atomic mass is 9.76. The average molecular weight is 253 g/mol. The molecule has 18 heavy (non-hydrogen) atoms. The van der Waals surface area contributed by atoms with Crippen LogP contribution >= 0.6 is 0 Å². The molecule has 0 saturated carbocycles. The molecule has 0 spiro atoms. The number of carboxylic acids is 1. The number of carbonyl (C=O) groups excluding carboxylic acids is 1. The zero-order chi connectivity index (χ0) is 13.8. The van der Waals surface area contributed by atoms with E-state index in [4.69, 9.17) is 0 Å². The molecule has 1 aromatic rings. The van der Waals surface area contributed by atoms with Gasteiger partial charge in [-0.2, -0.15) is 5.10 Å². The van der Waals surface area contributed by atoms with Gasteiger partial charge in [-0.3, -0.25) is 14.7 Å². The maximum atomic E-state index is 11.8. The quantitative estimate of drug-likeness (QED) is 0.709. The number of H-pyrrole nitrogens is 1. The zero-order valence-corrected chi connectivity index (χ0v) is 10.9. The molecular weight excluding hydrogens is 234 g/mol. The molecule has 6 heteroatoms. The summed E-state index contributed by atoms with van der Waals surface area (Å²) in [4.78, 5) is 23.0. The van der Waals surface area contributed by atoms with E-state index in [1.165, 1.54) is 0 Å². The van der Waals surface area contributed by atoms with Crippen LogP contribution in [-0.2, 0) is 16.1 Å². The van der Waals surface area contributed by atoms with Gasteiger partial charge in [-0.05, 0) is 18.9 Å². The third-order valence-electron chi connectivity index (χ3n) is 3.33. The number of hydrogen-bond donors (Lipinski definition) is 3. The summed E-state index contributed by atoms with van der Waals surface area (Å²) < 4.78 is 0. The van der Waals surface area contributed by atoms with Crippen LogP contribution in [0, 0.1) is 11.3 Å². The molecule has 0 aromatic carbocycles. The van der Waals surface area contributed by atoms with Crippen LogP contribution in [0.3, 0.4) is 0 Å². The minimum Gasteiger partial charge on any atom is -0.481 e. The predicted molar refractivity (Wildman–Crippen MR) is 65.6 cm³/mol. The van der Waals surface area contributed by atoms with Crippen molar-refractivity contribution in [2.24, 2.45) is 11.3 Å². The minimum absolute atomic E-state index is 0.0336. The van der Waals surface area contributed by atoms with E-state index in [0.29, 0.717) is 6.54 Å². The summed E-state index contributed by atoms with van der Waals surface area (Å²) in [6.07, 6.45) is 1.56. The predicted octanol–water partition coefficient (Wildman–Crippen LogP) is 1.16. The van der Waals surface area contributed by atoms with E-state index in [9.17, 15) is 14.7 Å². The highest BCUT2D eigenvalue weighted by Gasteiger charge is 2.38. The molecule has 0 aliphatic carbocycles. The highest BCUT2D eigenvalue weighted by Crippen LogP contribution is 2.31. The third-order valence-corrected chi connectivity index (χ3v) is 3.33. The molecule has 1 amide bonds. The van der Waals surface area contributed by atoms with Gasteiger partial charge < -0.3 is 10.4 Å². The molecule has 100 valence electrons. The molecule has 1 atom stereocenters. The summed E-state index contributed by atoms with van der Waals surface area (Å²) in [5, 5.41) is 18.4. The van der Waals surface area contributed by atoms with Gasteiger partial charge in [0, 0.05) is 12.6 Å². The molecule has 0 radical (unpaired) electrons. The van der Waals surface area contributed by atoms with Gasteiger partial charge in [-0.15, -0.1) is 0 Å². The van der Waals surface area contributed by atoms with Gasteiger partial charge in [-0.1, -0.05) is 13.8 Å². The van der Waals surface area contributed by atoms with Gasteiger partial charge in [0.05, 0.1) is 17.7 Å². The van der Waals surface area contributed by atoms with Crippen molar-refractivity contribution in [3.05, 3.63) is 18.0 Å². The highest BCUT2D eigenvalue weighted by molar-refractivity contribution is 5.84. The number of nitrogens with zero attached hydrogens (tertiary/aromatic N) is 1. The van der Waals surface area contributed by atoms with E-state index in [2.05, 4.69) is 15.5 Å². The molecule has 6 nitrogen and oxygen atoms in total. The highest BCUT2D eigenvalue weighted by atomic mass is 16.4. The van der Waals surface area contributed by atoms with Gasteiger partial charge in [0.15, 0.2) is 0 Å². The van der Waals surface area contributed by atoms with Gasteiger partial charge in [-0.25, -0.2) is 0 Å². The van der Waals surface area contributed by atoms with Gasteiger partial charge in [0.2, 0.25) is 5.91 Å². The van der Waals surface area contributed by atoms with Crippen molar-refractivity contribution < 1.29 is 14.7 Å². The Morgan fingerprint density at radius 2 is 2.22 bits per heavy atom. The van der Waals surface area contributed by atoms with Crippen molar-refractivity contribution in [3.8, 4) is 0 Å². The number of aromatic amines is 1. The zero-order valence-electron chi connectivity index (χ0n) is 10.9. The maximum Gasteiger partial charge on any atom is 0.310 e. The summed E-state index contributed by atoms with van der Waals surface area (Å²) in [7, 11) is 0. The lowest BCUT2D eigenvalue weighted by molar-refractivity contribution is -0.153. The van der Waals surface area contributed by atoms with Crippen LogP contribution in [0.5, 0.6) is 0 Å². The molecule has 3 N–H and O–H groups in total.